The van der Waals surface area contributed by atoms with Crippen molar-refractivity contribution in [2.45, 2.75) is 59.7 Å². The smallest absolute Gasteiger partial charge is 1.00 e. The molecule has 23 heteroatoms. The van der Waals surface area contributed by atoms with Crippen LogP contribution in [0.4, 0.5) is 9.59 Å². The molecule has 0 aromatic rings. The fourth-order valence-corrected chi connectivity index (χ4v) is 3.51. The molecule has 0 aromatic heterocycles. The minimum Gasteiger partial charge on any atom is -1.00 e. The quantitative estimate of drug-likeness (QED) is 0.177. The summed E-state index contributed by atoms with van der Waals surface area (Å²) in [5, 5.41) is 30.4. The second kappa shape index (κ2) is 46.3. The summed E-state index contributed by atoms with van der Waals surface area (Å²) in [6.07, 6.45) is -0.474. The zero-order valence-electron chi connectivity index (χ0n) is 34.2. The Morgan fingerprint density at radius 2 is 0.907 bits per heavy atom. The molecule has 0 saturated carbocycles. The molecule has 0 radical (unpaired) electrons. The zero-order valence-corrected chi connectivity index (χ0v) is 44.8. The first-order chi connectivity index (χ1) is 23.4. The van der Waals surface area contributed by atoms with Crippen molar-refractivity contribution in [2.24, 2.45) is 0 Å². The molecular formula is C31H57N9NaO9SW3-3. The monoisotopic (exact) mass is 1310 g/mol. The van der Waals surface area contributed by atoms with Crippen LogP contribution in [0.15, 0.2) is 0 Å². The van der Waals surface area contributed by atoms with Crippen molar-refractivity contribution in [3.63, 3.8) is 0 Å². The van der Waals surface area contributed by atoms with E-state index in [1.165, 1.54) is 13.5 Å². The molecule has 18 nitrogen and oxygen atoms in total. The summed E-state index contributed by atoms with van der Waals surface area (Å²) in [5.74, 6) is 0. The Morgan fingerprint density at radius 1 is 0.667 bits per heavy atom. The van der Waals surface area contributed by atoms with E-state index in [1.54, 1.807) is 36.6 Å². The van der Waals surface area contributed by atoms with E-state index < -0.39 is 16.2 Å². The molecule has 0 atom stereocenters. The third-order valence-electron chi connectivity index (χ3n) is 5.37. The van der Waals surface area contributed by atoms with Crippen LogP contribution in [0.3, 0.4) is 0 Å². The summed E-state index contributed by atoms with van der Waals surface area (Å²) in [5.41, 5.74) is -0.838. The molecule has 0 aliphatic carbocycles. The number of carbonyl (C=O) groups excluding carboxylic acids is 3. The number of nitrogens with zero attached hydrogens (tertiary/aromatic N) is 7. The summed E-state index contributed by atoms with van der Waals surface area (Å²) < 4.78 is 40.1. The topological polar surface area (TPSA) is 238 Å². The Bertz CT molecular complexity index is 1130. The zero-order chi connectivity index (χ0) is 39.6. The minimum absolute atomic E-state index is 0. The van der Waals surface area contributed by atoms with Gasteiger partial charge in [0.25, 0.3) is 0 Å². The van der Waals surface area contributed by atoms with Crippen molar-refractivity contribution in [3.05, 3.63) is 13.1 Å². The van der Waals surface area contributed by atoms with Gasteiger partial charge in [0.1, 0.15) is 11.2 Å². The Kier molecular flexibility index (Phi) is 60.6. The van der Waals surface area contributed by atoms with Crippen LogP contribution in [0.5, 0.6) is 0 Å². The first kappa shape index (κ1) is 70.7. The fourth-order valence-electron chi connectivity index (χ4n) is 3.51. The second-order valence-corrected chi connectivity index (χ2v) is 12.3. The van der Waals surface area contributed by atoms with Gasteiger partial charge in [0.05, 0.1) is 6.07 Å². The van der Waals surface area contributed by atoms with Gasteiger partial charge in [-0.15, -0.1) is 12.6 Å². The Labute approximate surface area is 391 Å². The molecule has 308 valence electrons. The van der Waals surface area contributed by atoms with Crippen LogP contribution in [0.2, 0.25) is 0 Å². The second-order valence-electron chi connectivity index (χ2n) is 11.9. The molecule has 3 saturated heterocycles. The number of amides is 2. The van der Waals surface area contributed by atoms with E-state index in [-0.39, 0.29) is 112 Å². The van der Waals surface area contributed by atoms with E-state index in [1.807, 2.05) is 63.5 Å². The third-order valence-corrected chi connectivity index (χ3v) is 5.37. The Hall–Kier alpha value is -1.10. The van der Waals surface area contributed by atoms with Crippen molar-refractivity contribution in [1.82, 2.24) is 30.2 Å². The van der Waals surface area contributed by atoms with Crippen molar-refractivity contribution in [3.8, 4) is 18.2 Å². The average molecular weight is 1310 g/mol. The van der Waals surface area contributed by atoms with Gasteiger partial charge in [-0.2, -0.15) is 5.26 Å². The first-order valence-corrected chi connectivity index (χ1v) is 16.4. The molecule has 3 aliphatic heterocycles. The number of ether oxygens (including phenoxy) is 3. The van der Waals surface area contributed by atoms with Gasteiger partial charge < -0.3 is 50.7 Å². The Balaban J connectivity index is -0.0000000703. The normalized spacial score (nSPS) is 14.2. The predicted octanol–water partition coefficient (Wildman–Crippen LogP) is -1.75. The summed E-state index contributed by atoms with van der Waals surface area (Å²) in [6.45, 7) is 28.7. The van der Waals surface area contributed by atoms with Crippen LogP contribution in [0, 0.1) is 47.1 Å². The average Bonchev–Trinajstić information content (AvgIpc) is 3.03. The number of nitrogens with one attached hydrogen (secondary N) is 2. The molecule has 2 amide bonds. The van der Waals surface area contributed by atoms with Gasteiger partial charge in [0.15, 0.2) is 0 Å². The summed E-state index contributed by atoms with van der Waals surface area (Å²) in [7, 11) is 0.139. The van der Waals surface area contributed by atoms with Crippen LogP contribution in [-0.2, 0) is 92.8 Å². The fraction of sp³-hybridized carbons (Fsp3) is 0.742. The number of nitriles is 3. The molecule has 54 heavy (non-hydrogen) atoms. The van der Waals surface area contributed by atoms with Gasteiger partial charge >= 0.3 is 52.4 Å². The van der Waals surface area contributed by atoms with E-state index in [0.29, 0.717) is 26.2 Å². The van der Waals surface area contributed by atoms with Gasteiger partial charge in [-0.25, -0.2) is 33.2 Å². The standard InChI is InChI=1S/C11H18N3O2.C9H18N2O2.C6H10N3.C2H3N.C2H6O.CHO.Na.O3S.3W.H/c1-11(2,3)16-10(15)14-8-6-13(5-4-12)7-9-14;1-9(2,3)13-8(12)11-6-4-10-5-7-11;7-1-4-9-5-2-8-3-6-9;1-2-3;1-3-2;1-2;;1-4(2)3;;;;/h5H,6-9H2,1-3H3;10H,4-7H2,1-3H3;4,8H,2-3,5-6H2;1H3;1-2H3;1H;;;;;;/q-1;;-1;;;-1;+1;;;;;-1. The number of hydrogen-bond acceptors (Lipinski definition) is 16. The molecule has 3 aliphatic rings. The van der Waals surface area contributed by atoms with Crippen LogP contribution in [0.25, 0.3) is 0 Å². The van der Waals surface area contributed by atoms with Gasteiger partial charge in [-0.1, -0.05) is 12.1 Å². The molecule has 0 aromatic carbocycles. The molecule has 0 unspecified atom stereocenters. The van der Waals surface area contributed by atoms with Gasteiger partial charge in [-0.3, -0.25) is 6.79 Å². The van der Waals surface area contributed by atoms with Gasteiger partial charge in [0, 0.05) is 137 Å². The van der Waals surface area contributed by atoms with E-state index in [4.69, 9.17) is 42.7 Å². The number of rotatable bonds is 2. The van der Waals surface area contributed by atoms with Crippen LogP contribution in [-0.4, -0.2) is 155 Å². The van der Waals surface area contributed by atoms with Gasteiger partial charge in [0.2, 0.25) is 0 Å². The van der Waals surface area contributed by atoms with Crippen molar-refractivity contribution in [1.29, 1.82) is 15.8 Å². The van der Waals surface area contributed by atoms with Crippen molar-refractivity contribution in [2.75, 3.05) is 92.8 Å². The molecule has 0 spiro atoms. The van der Waals surface area contributed by atoms with Crippen LogP contribution >= 0.6 is 0 Å². The molecule has 2 N–H and O–H groups in total. The molecule has 3 rings (SSSR count). The van der Waals surface area contributed by atoms with E-state index in [2.05, 4.69) is 22.2 Å². The number of piperazine rings is 3. The predicted molar refractivity (Wildman–Crippen MR) is 186 cm³/mol. The molecule has 0 bridgehead atoms. The van der Waals surface area contributed by atoms with E-state index in [0.717, 1.165) is 52.4 Å². The third kappa shape index (κ3) is 53.0. The van der Waals surface area contributed by atoms with Crippen molar-refractivity contribution >= 4 is 29.6 Å². The molecule has 3 heterocycles. The molecular weight excluding hydrogens is 1250 g/mol. The number of methoxy groups -OCH3 is 1. The van der Waals surface area contributed by atoms with Gasteiger partial charge in [-0.05, 0) is 67.7 Å². The van der Waals surface area contributed by atoms with E-state index >= 15 is 0 Å². The summed E-state index contributed by atoms with van der Waals surface area (Å²) in [6, 6.07) is 5.75. The molecule has 3 fully saturated rings. The first-order valence-electron chi connectivity index (χ1n) is 15.4. The maximum Gasteiger partial charge on any atom is 1.00 e. The summed E-state index contributed by atoms with van der Waals surface area (Å²) in [4.78, 5) is 38.3. The minimum atomic E-state index is -3.11. The number of carbonyl (C=O) groups is 2. The maximum atomic E-state index is 11.7. The largest absolute Gasteiger partial charge is 1.00 e. The van der Waals surface area contributed by atoms with E-state index in [9.17, 15) is 9.59 Å². The van der Waals surface area contributed by atoms with Crippen LogP contribution < -0.4 is 40.2 Å². The van der Waals surface area contributed by atoms with Crippen molar-refractivity contribution < 1.29 is 135 Å². The Morgan fingerprint density at radius 3 is 1.17 bits per heavy atom. The summed E-state index contributed by atoms with van der Waals surface area (Å²) >= 11 is 0. The number of hydrogen-bond donors (Lipinski definition) is 2. The maximum absolute atomic E-state index is 11.7. The van der Waals surface area contributed by atoms with Crippen LogP contribution in [0.1, 0.15) is 49.9 Å². The SMILES string of the molecule is CC#N.CC(C)(C)OC(=O)N1CCN([CH-]C#N)CC1.CC(C)(C)OC(=O)N1CCNCC1.COC.N#C[CH-]N1CCNCC1.O=S(=O)=O.[CH-]=O.[H-].[Na+].[W].[W].[W].